The number of halogens is 1. The van der Waals surface area contributed by atoms with Crippen LogP contribution in [0.5, 0.6) is 5.75 Å². The van der Waals surface area contributed by atoms with Crippen LogP contribution in [-0.2, 0) is 11.2 Å². The SMILES string of the molecule is COc1ccc(CCC(=O)N2CCN(CCC(C)(C)C)CC2)cc1F. The zero-order valence-corrected chi connectivity index (χ0v) is 16.0. The van der Waals surface area contributed by atoms with Crippen molar-refractivity contribution in [1.82, 2.24) is 9.80 Å². The normalized spacial score (nSPS) is 16.1. The quantitative estimate of drug-likeness (QED) is 0.789. The Morgan fingerprint density at radius 1 is 1.20 bits per heavy atom. The maximum absolute atomic E-state index is 13.7. The van der Waals surface area contributed by atoms with E-state index in [1.807, 2.05) is 11.0 Å². The Balaban J connectivity index is 1.74. The van der Waals surface area contributed by atoms with Crippen molar-refractivity contribution in [2.75, 3.05) is 39.8 Å². The Bertz CT molecular complexity index is 576. The van der Waals surface area contributed by atoms with Gasteiger partial charge in [-0.05, 0) is 42.5 Å². The molecule has 0 saturated carbocycles. The summed E-state index contributed by atoms with van der Waals surface area (Å²) in [4.78, 5) is 16.8. The standard InChI is InChI=1S/C20H31FN2O2/c1-20(2,3)9-10-22-11-13-23(14-12-22)19(24)8-6-16-5-7-18(25-4)17(21)15-16/h5,7,15H,6,8-14H2,1-4H3. The van der Waals surface area contributed by atoms with Crippen LogP contribution in [0.15, 0.2) is 18.2 Å². The molecule has 0 radical (unpaired) electrons. The lowest BCUT2D eigenvalue weighted by Crippen LogP contribution is -2.49. The minimum atomic E-state index is -0.375. The second-order valence-corrected chi connectivity index (χ2v) is 8.00. The third kappa shape index (κ3) is 6.31. The molecule has 1 aromatic carbocycles. The third-order valence-corrected chi connectivity index (χ3v) is 4.75. The first-order chi connectivity index (χ1) is 11.8. The number of benzene rings is 1. The van der Waals surface area contributed by atoms with Gasteiger partial charge in [-0.15, -0.1) is 0 Å². The highest BCUT2D eigenvalue weighted by atomic mass is 19.1. The number of carbonyl (C=O) groups is 1. The van der Waals surface area contributed by atoms with Crippen LogP contribution in [-0.4, -0.2) is 55.5 Å². The lowest BCUT2D eigenvalue weighted by molar-refractivity contribution is -0.132. The van der Waals surface area contributed by atoms with Gasteiger partial charge >= 0.3 is 0 Å². The van der Waals surface area contributed by atoms with Gasteiger partial charge in [0, 0.05) is 32.6 Å². The number of carbonyl (C=O) groups excluding carboxylic acids is 1. The molecule has 1 heterocycles. The van der Waals surface area contributed by atoms with Crippen molar-refractivity contribution >= 4 is 5.91 Å². The lowest BCUT2D eigenvalue weighted by atomic mass is 9.92. The van der Waals surface area contributed by atoms with Crippen LogP contribution in [0.4, 0.5) is 4.39 Å². The molecular formula is C20H31FN2O2. The van der Waals surface area contributed by atoms with Gasteiger partial charge in [0.15, 0.2) is 11.6 Å². The summed E-state index contributed by atoms with van der Waals surface area (Å²) in [7, 11) is 1.45. The van der Waals surface area contributed by atoms with Gasteiger partial charge in [-0.2, -0.15) is 0 Å². The molecule has 2 rings (SSSR count). The molecule has 4 nitrogen and oxygen atoms in total. The Hall–Kier alpha value is -1.62. The predicted octanol–water partition coefficient (Wildman–Crippen LogP) is 3.35. The average molecular weight is 350 g/mol. The first kappa shape index (κ1) is 19.7. The number of amides is 1. The van der Waals surface area contributed by atoms with Crippen molar-refractivity contribution in [3.8, 4) is 5.75 Å². The predicted molar refractivity (Wildman–Crippen MR) is 98.4 cm³/mol. The van der Waals surface area contributed by atoms with Crippen LogP contribution in [0, 0.1) is 11.2 Å². The molecule has 1 amide bonds. The molecule has 0 aromatic heterocycles. The number of nitrogens with zero attached hydrogens (tertiary/aromatic N) is 2. The summed E-state index contributed by atoms with van der Waals surface area (Å²) in [5, 5.41) is 0. The van der Waals surface area contributed by atoms with Gasteiger partial charge in [0.2, 0.25) is 5.91 Å². The Labute approximate surface area is 150 Å². The fourth-order valence-electron chi connectivity index (χ4n) is 2.99. The Morgan fingerprint density at radius 3 is 2.44 bits per heavy atom. The van der Waals surface area contributed by atoms with Gasteiger partial charge in [0.1, 0.15) is 0 Å². The highest BCUT2D eigenvalue weighted by Crippen LogP contribution is 2.20. The summed E-state index contributed by atoms with van der Waals surface area (Å²) >= 11 is 0. The minimum Gasteiger partial charge on any atom is -0.494 e. The largest absolute Gasteiger partial charge is 0.494 e. The van der Waals surface area contributed by atoms with Gasteiger partial charge in [0.25, 0.3) is 0 Å². The Morgan fingerprint density at radius 2 is 1.88 bits per heavy atom. The first-order valence-electron chi connectivity index (χ1n) is 9.11. The van der Waals surface area contributed by atoms with Crippen LogP contribution >= 0.6 is 0 Å². The third-order valence-electron chi connectivity index (χ3n) is 4.75. The van der Waals surface area contributed by atoms with E-state index >= 15 is 0 Å². The van der Waals surface area contributed by atoms with Crippen LogP contribution < -0.4 is 4.74 Å². The van der Waals surface area contributed by atoms with Crippen molar-refractivity contribution in [1.29, 1.82) is 0 Å². The molecule has 0 bridgehead atoms. The summed E-state index contributed by atoms with van der Waals surface area (Å²) in [6, 6.07) is 4.89. The van der Waals surface area contributed by atoms with Crippen molar-refractivity contribution < 1.29 is 13.9 Å². The van der Waals surface area contributed by atoms with Gasteiger partial charge in [-0.25, -0.2) is 4.39 Å². The number of ether oxygens (including phenoxy) is 1. The highest BCUT2D eigenvalue weighted by molar-refractivity contribution is 5.76. The topological polar surface area (TPSA) is 32.8 Å². The molecule has 0 aliphatic carbocycles. The number of rotatable bonds is 6. The molecule has 140 valence electrons. The second kappa shape index (κ2) is 8.65. The van der Waals surface area contributed by atoms with E-state index in [2.05, 4.69) is 25.7 Å². The molecule has 1 aliphatic heterocycles. The first-order valence-corrected chi connectivity index (χ1v) is 9.11. The molecule has 0 N–H and O–H groups in total. The van der Waals surface area contributed by atoms with E-state index in [9.17, 15) is 9.18 Å². The molecule has 5 heteroatoms. The molecule has 0 atom stereocenters. The fraction of sp³-hybridized carbons (Fsp3) is 0.650. The number of hydrogen-bond acceptors (Lipinski definition) is 3. The summed E-state index contributed by atoms with van der Waals surface area (Å²) in [6.07, 6.45) is 2.15. The zero-order valence-electron chi connectivity index (χ0n) is 16.0. The van der Waals surface area contributed by atoms with Crippen LogP contribution in [0.2, 0.25) is 0 Å². The number of hydrogen-bond donors (Lipinski definition) is 0. The van der Waals surface area contributed by atoms with E-state index in [0.29, 0.717) is 18.3 Å². The van der Waals surface area contributed by atoms with Crippen LogP contribution in [0.3, 0.4) is 0 Å². The second-order valence-electron chi connectivity index (χ2n) is 8.00. The van der Waals surface area contributed by atoms with Crippen molar-refractivity contribution in [2.24, 2.45) is 5.41 Å². The van der Waals surface area contributed by atoms with Crippen LogP contribution in [0.25, 0.3) is 0 Å². The number of aryl methyl sites for hydroxylation is 1. The molecule has 25 heavy (non-hydrogen) atoms. The fourth-order valence-corrected chi connectivity index (χ4v) is 2.99. The van der Waals surface area contributed by atoms with Gasteiger partial charge in [-0.1, -0.05) is 26.8 Å². The van der Waals surface area contributed by atoms with E-state index in [4.69, 9.17) is 4.74 Å². The summed E-state index contributed by atoms with van der Waals surface area (Å²) < 4.78 is 18.6. The molecule has 1 aromatic rings. The molecule has 1 saturated heterocycles. The van der Waals surface area contributed by atoms with Crippen LogP contribution in [0.1, 0.15) is 39.2 Å². The Kier molecular flexibility index (Phi) is 6.82. The summed E-state index contributed by atoms with van der Waals surface area (Å²) in [5.41, 5.74) is 1.18. The summed E-state index contributed by atoms with van der Waals surface area (Å²) in [5.74, 6) is 0.0214. The molecule has 1 aliphatic rings. The maximum Gasteiger partial charge on any atom is 0.222 e. The number of methoxy groups -OCH3 is 1. The van der Waals surface area contributed by atoms with E-state index < -0.39 is 0 Å². The number of piperazine rings is 1. The van der Waals surface area contributed by atoms with E-state index in [1.165, 1.54) is 19.6 Å². The van der Waals surface area contributed by atoms with Gasteiger partial charge < -0.3 is 9.64 Å². The van der Waals surface area contributed by atoms with E-state index in [0.717, 1.165) is 38.3 Å². The molecular weight excluding hydrogens is 319 g/mol. The van der Waals surface area contributed by atoms with Crippen molar-refractivity contribution in [2.45, 2.75) is 40.0 Å². The van der Waals surface area contributed by atoms with E-state index in [-0.39, 0.29) is 17.5 Å². The van der Waals surface area contributed by atoms with Gasteiger partial charge in [-0.3, -0.25) is 9.69 Å². The molecule has 1 fully saturated rings. The minimum absolute atomic E-state index is 0.159. The highest BCUT2D eigenvalue weighted by Gasteiger charge is 2.22. The van der Waals surface area contributed by atoms with Gasteiger partial charge in [0.05, 0.1) is 7.11 Å². The molecule has 0 unspecified atom stereocenters. The lowest BCUT2D eigenvalue weighted by Gasteiger charge is -2.36. The van der Waals surface area contributed by atoms with Crippen molar-refractivity contribution in [3.05, 3.63) is 29.6 Å². The zero-order chi connectivity index (χ0) is 18.4. The summed E-state index contributed by atoms with van der Waals surface area (Å²) in [6.45, 7) is 11.3. The maximum atomic E-state index is 13.7. The molecule has 0 spiro atoms. The van der Waals surface area contributed by atoms with Crippen molar-refractivity contribution in [3.63, 3.8) is 0 Å². The van der Waals surface area contributed by atoms with E-state index in [1.54, 1.807) is 6.07 Å². The monoisotopic (exact) mass is 350 g/mol. The average Bonchev–Trinajstić information content (AvgIpc) is 2.58. The smallest absolute Gasteiger partial charge is 0.222 e.